The maximum Gasteiger partial charge on any atom is 0.338 e. The van der Waals surface area contributed by atoms with Crippen LogP contribution in [0.2, 0.25) is 0 Å². The van der Waals surface area contributed by atoms with E-state index in [9.17, 15) is 19.8 Å². The van der Waals surface area contributed by atoms with Gasteiger partial charge in [-0.25, -0.2) is 4.79 Å². The van der Waals surface area contributed by atoms with Gasteiger partial charge in [-0.05, 0) is 37.0 Å². The first kappa shape index (κ1) is 28.3. The zero-order valence-corrected chi connectivity index (χ0v) is 24.0. The number of aliphatic hydroxyl groups excluding tert-OH is 1. The van der Waals surface area contributed by atoms with E-state index < -0.39 is 58.2 Å². The first-order valence-electron chi connectivity index (χ1n) is 13.9. The number of aliphatic hydroxyl groups is 2. The molecule has 1 aromatic rings. The maximum atomic E-state index is 13.7. The third-order valence-electron chi connectivity index (χ3n) is 10.5. The standard InChI is InChI=1S/C31H42O8/c1-17-14-29(6)22(36-7)13-23-30(16-37-23,39-19(3)32)25(29)26(38-27(34)20-11-9-8-10-12-20)31(35)15-21(33)18(2)24(17)28(31,4)5/h8-12,17,21-23,25-26,33,35H,13-16H2,1-7H3/t17-,21-,22-,23+,25-,26-,29+,30-,31+/m0/s1. The molecule has 3 aliphatic carbocycles. The van der Waals surface area contributed by atoms with Gasteiger partial charge in [0.25, 0.3) is 0 Å². The van der Waals surface area contributed by atoms with Crippen LogP contribution >= 0.6 is 0 Å². The highest BCUT2D eigenvalue weighted by Gasteiger charge is 2.75. The fraction of sp³-hybridized carbons (Fsp3) is 0.677. The van der Waals surface area contributed by atoms with E-state index >= 15 is 0 Å². The van der Waals surface area contributed by atoms with Crippen molar-refractivity contribution in [2.45, 2.75) is 96.4 Å². The van der Waals surface area contributed by atoms with Crippen LogP contribution in [0.5, 0.6) is 0 Å². The zero-order valence-electron chi connectivity index (χ0n) is 24.0. The van der Waals surface area contributed by atoms with Gasteiger partial charge < -0.3 is 29.2 Å². The highest BCUT2D eigenvalue weighted by atomic mass is 16.6. The Bertz CT molecular complexity index is 1180. The molecular weight excluding hydrogens is 500 g/mol. The van der Waals surface area contributed by atoms with Crippen molar-refractivity contribution in [3.8, 4) is 0 Å². The lowest BCUT2D eigenvalue weighted by Gasteiger charge is -2.68. The monoisotopic (exact) mass is 542 g/mol. The summed E-state index contributed by atoms with van der Waals surface area (Å²) >= 11 is 0. The van der Waals surface area contributed by atoms with Gasteiger partial charge in [-0.3, -0.25) is 4.79 Å². The molecule has 0 unspecified atom stereocenters. The molecule has 1 aromatic carbocycles. The van der Waals surface area contributed by atoms with E-state index in [4.69, 9.17) is 18.9 Å². The van der Waals surface area contributed by atoms with Gasteiger partial charge in [0.15, 0.2) is 5.60 Å². The van der Waals surface area contributed by atoms with Gasteiger partial charge in [0.1, 0.15) is 17.8 Å². The van der Waals surface area contributed by atoms with Crippen LogP contribution in [-0.4, -0.2) is 71.5 Å². The van der Waals surface area contributed by atoms with Crippen molar-refractivity contribution in [1.29, 1.82) is 0 Å². The fourth-order valence-electron chi connectivity index (χ4n) is 8.84. The molecular formula is C31H42O8. The van der Waals surface area contributed by atoms with E-state index in [0.717, 1.165) is 11.1 Å². The van der Waals surface area contributed by atoms with E-state index in [0.29, 0.717) is 18.4 Å². The van der Waals surface area contributed by atoms with Crippen molar-refractivity contribution in [3.63, 3.8) is 0 Å². The number of rotatable bonds is 4. The van der Waals surface area contributed by atoms with Crippen molar-refractivity contribution in [3.05, 3.63) is 47.0 Å². The summed E-state index contributed by atoms with van der Waals surface area (Å²) in [5, 5.41) is 24.2. The average Bonchev–Trinajstić information content (AvgIpc) is 2.85. The highest BCUT2D eigenvalue weighted by molar-refractivity contribution is 5.89. The number of ether oxygens (including phenoxy) is 4. The first-order chi connectivity index (χ1) is 18.2. The Morgan fingerprint density at radius 1 is 1.10 bits per heavy atom. The fourth-order valence-corrected chi connectivity index (χ4v) is 8.84. The summed E-state index contributed by atoms with van der Waals surface area (Å²) in [5.74, 6) is -1.75. The minimum Gasteiger partial charge on any atom is -0.455 e. The predicted molar refractivity (Wildman–Crippen MR) is 143 cm³/mol. The van der Waals surface area contributed by atoms with Crippen LogP contribution in [0.25, 0.3) is 0 Å². The molecule has 2 N–H and O–H groups in total. The molecule has 1 aliphatic heterocycles. The molecule has 214 valence electrons. The normalized spacial score (nSPS) is 42.7. The Hall–Kier alpha value is -2.26. The summed E-state index contributed by atoms with van der Waals surface area (Å²) in [6.07, 6.45) is -1.75. The van der Waals surface area contributed by atoms with Gasteiger partial charge in [0, 0.05) is 37.7 Å². The van der Waals surface area contributed by atoms with Gasteiger partial charge in [-0.1, -0.05) is 51.5 Å². The molecule has 4 aliphatic rings. The second-order valence-electron chi connectivity index (χ2n) is 13.0. The Morgan fingerprint density at radius 3 is 2.33 bits per heavy atom. The number of hydrogen-bond donors (Lipinski definition) is 2. The topological polar surface area (TPSA) is 112 Å². The summed E-state index contributed by atoms with van der Waals surface area (Å²) in [5.41, 5.74) is -2.19. The predicted octanol–water partition coefficient (Wildman–Crippen LogP) is 3.83. The highest BCUT2D eigenvalue weighted by Crippen LogP contribution is 2.66. The summed E-state index contributed by atoms with van der Waals surface area (Å²) in [6, 6.07) is 8.66. The molecule has 9 atom stereocenters. The third-order valence-corrected chi connectivity index (χ3v) is 10.5. The van der Waals surface area contributed by atoms with E-state index in [1.54, 1.807) is 31.4 Å². The van der Waals surface area contributed by atoms with Crippen LogP contribution in [0.4, 0.5) is 0 Å². The van der Waals surface area contributed by atoms with E-state index in [2.05, 4.69) is 13.8 Å². The molecule has 1 saturated heterocycles. The van der Waals surface area contributed by atoms with E-state index in [1.807, 2.05) is 26.8 Å². The summed E-state index contributed by atoms with van der Waals surface area (Å²) in [4.78, 5) is 26.3. The van der Waals surface area contributed by atoms with Gasteiger partial charge in [0.05, 0.1) is 30.3 Å². The molecule has 0 amide bonds. The molecule has 3 fully saturated rings. The van der Waals surface area contributed by atoms with Crippen LogP contribution in [-0.2, 0) is 23.7 Å². The molecule has 0 radical (unpaired) electrons. The largest absolute Gasteiger partial charge is 0.455 e. The Kier molecular flexibility index (Phi) is 6.81. The summed E-state index contributed by atoms with van der Waals surface area (Å²) in [7, 11) is 1.66. The first-order valence-corrected chi connectivity index (χ1v) is 13.9. The molecule has 8 heteroatoms. The van der Waals surface area contributed by atoms with Crippen molar-refractivity contribution < 1.29 is 38.7 Å². The van der Waals surface area contributed by atoms with Crippen LogP contribution in [0.15, 0.2) is 41.5 Å². The average molecular weight is 543 g/mol. The lowest BCUT2D eigenvalue weighted by atomic mass is 9.44. The van der Waals surface area contributed by atoms with Gasteiger partial charge >= 0.3 is 11.9 Å². The van der Waals surface area contributed by atoms with Crippen LogP contribution < -0.4 is 0 Å². The Morgan fingerprint density at radius 2 is 1.77 bits per heavy atom. The number of carbonyl (C=O) groups is 2. The molecule has 5 rings (SSSR count). The van der Waals surface area contributed by atoms with Crippen LogP contribution in [0, 0.1) is 22.7 Å². The van der Waals surface area contributed by atoms with Crippen molar-refractivity contribution >= 4 is 11.9 Å². The van der Waals surface area contributed by atoms with Crippen molar-refractivity contribution in [2.75, 3.05) is 13.7 Å². The second-order valence-corrected chi connectivity index (χ2v) is 13.0. The zero-order chi connectivity index (χ0) is 28.5. The molecule has 0 spiro atoms. The second kappa shape index (κ2) is 9.40. The number of hydrogen-bond acceptors (Lipinski definition) is 8. The van der Waals surface area contributed by atoms with E-state index in [-0.39, 0.29) is 25.0 Å². The Labute approximate surface area is 230 Å². The lowest BCUT2D eigenvalue weighted by Crippen LogP contribution is -2.80. The molecule has 8 nitrogen and oxygen atoms in total. The van der Waals surface area contributed by atoms with Gasteiger partial charge in [-0.15, -0.1) is 0 Å². The van der Waals surface area contributed by atoms with Gasteiger partial charge in [-0.2, -0.15) is 0 Å². The van der Waals surface area contributed by atoms with Crippen LogP contribution in [0.1, 0.15) is 71.2 Å². The third kappa shape index (κ3) is 3.93. The quantitative estimate of drug-likeness (QED) is 0.436. The Balaban J connectivity index is 1.78. The number of carbonyl (C=O) groups excluding carboxylic acids is 2. The molecule has 2 saturated carbocycles. The number of methoxy groups -OCH3 is 1. The number of esters is 2. The minimum atomic E-state index is -1.69. The smallest absolute Gasteiger partial charge is 0.338 e. The lowest BCUT2D eigenvalue weighted by molar-refractivity contribution is -0.354. The number of fused-ring (bicyclic) bond motifs is 5. The maximum absolute atomic E-state index is 13.7. The van der Waals surface area contributed by atoms with Crippen molar-refractivity contribution in [2.24, 2.45) is 22.7 Å². The van der Waals surface area contributed by atoms with E-state index in [1.165, 1.54) is 6.92 Å². The van der Waals surface area contributed by atoms with Crippen molar-refractivity contribution in [1.82, 2.24) is 0 Å². The molecule has 1 heterocycles. The van der Waals surface area contributed by atoms with Gasteiger partial charge in [0.2, 0.25) is 0 Å². The number of benzene rings is 1. The SMILES string of the molecule is CO[C@H]1C[C@H]2OC[C@@]2(OC(C)=O)[C@H]2[C@H](OC(=O)c3ccccc3)[C@]3(O)C[C@H](O)C(C)=C([C@@H](C)C[C@]12C)C3(C)C. The van der Waals surface area contributed by atoms with Crippen LogP contribution in [0.3, 0.4) is 0 Å². The summed E-state index contributed by atoms with van der Waals surface area (Å²) < 4.78 is 24.7. The molecule has 39 heavy (non-hydrogen) atoms. The molecule has 2 bridgehead atoms. The summed E-state index contributed by atoms with van der Waals surface area (Å²) in [6.45, 7) is 11.6. The molecule has 0 aromatic heterocycles. The minimum absolute atomic E-state index is 0.0271.